The summed E-state index contributed by atoms with van der Waals surface area (Å²) in [5.74, 6) is 2.20. The van der Waals surface area contributed by atoms with Crippen molar-refractivity contribution < 1.29 is 4.79 Å². The van der Waals surface area contributed by atoms with Gasteiger partial charge in [0.15, 0.2) is 0 Å². The summed E-state index contributed by atoms with van der Waals surface area (Å²) < 4.78 is 0. The van der Waals surface area contributed by atoms with E-state index in [-0.39, 0.29) is 6.03 Å². The van der Waals surface area contributed by atoms with Crippen molar-refractivity contribution in [1.29, 1.82) is 0 Å². The average molecular weight is 285 g/mol. The lowest BCUT2D eigenvalue weighted by Gasteiger charge is -2.26. The van der Waals surface area contributed by atoms with Crippen LogP contribution in [0.15, 0.2) is 10.9 Å². The highest BCUT2D eigenvalue weighted by molar-refractivity contribution is 7.99. The van der Waals surface area contributed by atoms with Gasteiger partial charge < -0.3 is 10.2 Å². The van der Waals surface area contributed by atoms with Gasteiger partial charge in [0.05, 0.1) is 11.2 Å². The van der Waals surface area contributed by atoms with Crippen LogP contribution in [0.25, 0.3) is 0 Å². The molecule has 1 aliphatic rings. The van der Waals surface area contributed by atoms with Crippen LogP contribution in [0.5, 0.6) is 0 Å². The van der Waals surface area contributed by atoms with Gasteiger partial charge >= 0.3 is 6.03 Å². The molecule has 0 radical (unpaired) electrons. The maximum absolute atomic E-state index is 12.1. The molecule has 1 aromatic rings. The molecule has 2 heterocycles. The molecule has 2 rings (SSSR count). The summed E-state index contributed by atoms with van der Waals surface area (Å²) in [4.78, 5) is 18.2. The minimum atomic E-state index is 0.0697. The van der Waals surface area contributed by atoms with E-state index in [1.165, 1.54) is 0 Å². The van der Waals surface area contributed by atoms with E-state index < -0.39 is 0 Å². The Bertz CT molecular complexity index is 369. The zero-order valence-corrected chi connectivity index (χ0v) is 12.2. The van der Waals surface area contributed by atoms with E-state index >= 15 is 0 Å². The molecule has 6 heteroatoms. The number of hydrogen-bond acceptors (Lipinski definition) is 4. The highest BCUT2D eigenvalue weighted by atomic mass is 32.2. The first-order chi connectivity index (χ1) is 8.77. The molecule has 0 aliphatic carbocycles. The first kappa shape index (κ1) is 13.7. The second-order valence-electron chi connectivity index (χ2n) is 4.41. The van der Waals surface area contributed by atoms with Crippen LogP contribution in [-0.2, 0) is 6.42 Å². The topological polar surface area (TPSA) is 45.2 Å². The number of carbonyl (C=O) groups excluding carboxylic acids is 1. The van der Waals surface area contributed by atoms with Crippen LogP contribution in [0.4, 0.5) is 4.79 Å². The van der Waals surface area contributed by atoms with Crippen molar-refractivity contribution in [2.75, 3.05) is 24.6 Å². The standard InChI is InChI=1S/C12H19N3OS2/c1-10-3-6-17-7-5-15(10)12(16)13-4-2-11-8-18-9-14-11/h8-10H,2-7H2,1H3,(H,13,16)/t10-/m0/s1. The molecule has 0 aromatic carbocycles. The number of hydrogen-bond donors (Lipinski definition) is 1. The Morgan fingerprint density at radius 3 is 3.28 bits per heavy atom. The highest BCUT2D eigenvalue weighted by Gasteiger charge is 2.21. The van der Waals surface area contributed by atoms with Crippen molar-refractivity contribution in [3.63, 3.8) is 0 Å². The molecular weight excluding hydrogens is 266 g/mol. The molecule has 1 aliphatic heterocycles. The quantitative estimate of drug-likeness (QED) is 0.926. The van der Waals surface area contributed by atoms with Gasteiger partial charge in [0.2, 0.25) is 0 Å². The maximum atomic E-state index is 12.1. The molecule has 1 fully saturated rings. The summed E-state index contributed by atoms with van der Waals surface area (Å²) in [5, 5.41) is 5.02. The minimum absolute atomic E-state index is 0.0697. The third-order valence-electron chi connectivity index (χ3n) is 3.09. The fraction of sp³-hybridized carbons (Fsp3) is 0.667. The van der Waals surface area contributed by atoms with Gasteiger partial charge in [0, 0.05) is 36.7 Å². The number of nitrogens with one attached hydrogen (secondary N) is 1. The third-order valence-corrected chi connectivity index (χ3v) is 4.72. The van der Waals surface area contributed by atoms with E-state index in [1.54, 1.807) is 11.3 Å². The Morgan fingerprint density at radius 1 is 1.61 bits per heavy atom. The van der Waals surface area contributed by atoms with Gasteiger partial charge in [-0.3, -0.25) is 0 Å². The second kappa shape index (κ2) is 6.99. The molecule has 1 atom stereocenters. The number of thioether (sulfide) groups is 1. The summed E-state index contributed by atoms with van der Waals surface area (Å²) in [7, 11) is 0. The fourth-order valence-corrected chi connectivity index (χ4v) is 3.59. The molecule has 1 N–H and O–H groups in total. The molecule has 0 saturated carbocycles. The van der Waals surface area contributed by atoms with Gasteiger partial charge in [-0.25, -0.2) is 9.78 Å². The van der Waals surface area contributed by atoms with Gasteiger partial charge in [-0.15, -0.1) is 11.3 Å². The zero-order chi connectivity index (χ0) is 12.8. The predicted molar refractivity (Wildman–Crippen MR) is 77.3 cm³/mol. The Morgan fingerprint density at radius 2 is 2.50 bits per heavy atom. The van der Waals surface area contributed by atoms with Crippen LogP contribution in [0.1, 0.15) is 19.0 Å². The molecule has 0 bridgehead atoms. The van der Waals surface area contributed by atoms with Gasteiger partial charge in [-0.2, -0.15) is 11.8 Å². The van der Waals surface area contributed by atoms with Gasteiger partial charge in [0.25, 0.3) is 0 Å². The normalized spacial score (nSPS) is 20.5. The number of amides is 2. The Labute approximate surface area is 116 Å². The molecule has 0 unspecified atom stereocenters. The Kier molecular flexibility index (Phi) is 5.31. The van der Waals surface area contributed by atoms with Crippen LogP contribution in [0.2, 0.25) is 0 Å². The lowest BCUT2D eigenvalue weighted by Crippen LogP contribution is -2.46. The van der Waals surface area contributed by atoms with E-state index in [0.717, 1.165) is 36.6 Å². The van der Waals surface area contributed by atoms with Crippen molar-refractivity contribution in [3.05, 3.63) is 16.6 Å². The summed E-state index contributed by atoms with van der Waals surface area (Å²) in [6.45, 7) is 3.65. The molecule has 4 nitrogen and oxygen atoms in total. The largest absolute Gasteiger partial charge is 0.338 e. The minimum Gasteiger partial charge on any atom is -0.338 e. The lowest BCUT2D eigenvalue weighted by atomic mass is 10.2. The van der Waals surface area contributed by atoms with Gasteiger partial charge in [-0.1, -0.05) is 0 Å². The first-order valence-electron chi connectivity index (χ1n) is 6.26. The van der Waals surface area contributed by atoms with E-state index in [2.05, 4.69) is 17.2 Å². The molecule has 0 spiro atoms. The zero-order valence-electron chi connectivity index (χ0n) is 10.6. The molecular formula is C12H19N3OS2. The molecule has 100 valence electrons. The number of carbonyl (C=O) groups is 1. The fourth-order valence-electron chi connectivity index (χ4n) is 1.96. The third kappa shape index (κ3) is 3.88. The molecule has 18 heavy (non-hydrogen) atoms. The van der Waals surface area contributed by atoms with Crippen LogP contribution < -0.4 is 5.32 Å². The first-order valence-corrected chi connectivity index (χ1v) is 8.36. The Balaban J connectivity index is 1.76. The summed E-state index contributed by atoms with van der Waals surface area (Å²) in [5.41, 5.74) is 2.88. The van der Waals surface area contributed by atoms with E-state index in [1.807, 2.05) is 27.6 Å². The van der Waals surface area contributed by atoms with Crippen LogP contribution in [0.3, 0.4) is 0 Å². The molecule has 1 aromatic heterocycles. The van der Waals surface area contributed by atoms with Gasteiger partial charge in [-0.05, 0) is 19.1 Å². The molecule has 1 saturated heterocycles. The maximum Gasteiger partial charge on any atom is 0.317 e. The number of nitrogens with zero attached hydrogens (tertiary/aromatic N) is 2. The van der Waals surface area contributed by atoms with Crippen LogP contribution in [-0.4, -0.2) is 46.6 Å². The monoisotopic (exact) mass is 285 g/mol. The van der Waals surface area contributed by atoms with Crippen molar-refractivity contribution in [3.8, 4) is 0 Å². The van der Waals surface area contributed by atoms with Crippen molar-refractivity contribution in [2.24, 2.45) is 0 Å². The second-order valence-corrected chi connectivity index (χ2v) is 6.35. The Hall–Kier alpha value is -0.750. The van der Waals surface area contributed by atoms with Crippen molar-refractivity contribution >= 4 is 29.1 Å². The summed E-state index contributed by atoms with van der Waals surface area (Å²) in [6, 6.07) is 0.416. The van der Waals surface area contributed by atoms with E-state index in [4.69, 9.17) is 0 Å². The van der Waals surface area contributed by atoms with Crippen LogP contribution in [0, 0.1) is 0 Å². The van der Waals surface area contributed by atoms with E-state index in [9.17, 15) is 4.79 Å². The van der Waals surface area contributed by atoms with Crippen molar-refractivity contribution in [2.45, 2.75) is 25.8 Å². The summed E-state index contributed by atoms with van der Waals surface area (Å²) in [6.07, 6.45) is 1.90. The van der Waals surface area contributed by atoms with Gasteiger partial charge in [0.1, 0.15) is 0 Å². The SMILES string of the molecule is C[C@H]1CCSCCN1C(=O)NCCc1cscn1. The lowest BCUT2D eigenvalue weighted by molar-refractivity contribution is 0.183. The summed E-state index contributed by atoms with van der Waals surface area (Å²) >= 11 is 3.52. The van der Waals surface area contributed by atoms with Crippen LogP contribution >= 0.6 is 23.1 Å². The average Bonchev–Trinajstić information content (AvgIpc) is 2.77. The number of urea groups is 1. The predicted octanol–water partition coefficient (Wildman–Crippen LogP) is 2.22. The number of rotatable bonds is 3. The molecule has 2 amide bonds. The highest BCUT2D eigenvalue weighted by Crippen LogP contribution is 2.15. The number of thiazole rings is 1. The van der Waals surface area contributed by atoms with Crippen molar-refractivity contribution in [1.82, 2.24) is 15.2 Å². The number of aromatic nitrogens is 1. The smallest absolute Gasteiger partial charge is 0.317 e. The van der Waals surface area contributed by atoms with E-state index in [0.29, 0.717) is 12.6 Å².